The van der Waals surface area contributed by atoms with E-state index in [1.807, 2.05) is 37.4 Å². The van der Waals surface area contributed by atoms with Crippen LogP contribution in [0.4, 0.5) is 0 Å². The Labute approximate surface area is 276 Å². The Kier molecular flexibility index (Phi) is 16.2. The van der Waals surface area contributed by atoms with Crippen LogP contribution in [0.25, 0.3) is 0 Å². The van der Waals surface area contributed by atoms with Crippen LogP contribution in [0.15, 0.2) is 42.5 Å². The van der Waals surface area contributed by atoms with Gasteiger partial charge >= 0.3 is 0 Å². The Morgan fingerprint density at radius 2 is 1.38 bits per heavy atom. The Balaban J connectivity index is 2.30. The molecule has 0 radical (unpaired) electrons. The molecule has 4 amide bonds. The first kappa shape index (κ1) is 38.5. The quantitative estimate of drug-likeness (QED) is 0.0512. The molecule has 4 unspecified atom stereocenters. The van der Waals surface area contributed by atoms with Crippen molar-refractivity contribution in [2.24, 2.45) is 17.2 Å². The van der Waals surface area contributed by atoms with Crippen LogP contribution in [0, 0.1) is 19.3 Å². The number of carbonyl (C=O) groups is 4. The maximum absolute atomic E-state index is 13.9. The van der Waals surface area contributed by atoms with Crippen LogP contribution in [0.2, 0.25) is 0 Å². The lowest BCUT2D eigenvalue weighted by atomic mass is 9.95. The van der Waals surface area contributed by atoms with E-state index in [-0.39, 0.29) is 37.4 Å². The average Bonchev–Trinajstić information content (AvgIpc) is 3.01. The van der Waals surface area contributed by atoms with Crippen molar-refractivity contribution in [2.45, 2.75) is 83.0 Å². The number of nitrogens with one attached hydrogen (secondary N) is 6. The van der Waals surface area contributed by atoms with Gasteiger partial charge in [0.05, 0.1) is 6.04 Å². The number of aromatic hydroxyl groups is 1. The van der Waals surface area contributed by atoms with Crippen LogP contribution in [0.3, 0.4) is 0 Å². The molecule has 0 heterocycles. The highest BCUT2D eigenvalue weighted by Gasteiger charge is 2.30. The van der Waals surface area contributed by atoms with Crippen molar-refractivity contribution < 1.29 is 24.3 Å². The second kappa shape index (κ2) is 19.7. The monoisotopic (exact) mass is 653 g/mol. The summed E-state index contributed by atoms with van der Waals surface area (Å²) in [5.74, 6) is -2.56. The van der Waals surface area contributed by atoms with Gasteiger partial charge in [0.2, 0.25) is 23.6 Å². The molecule has 2 rings (SSSR count). The zero-order valence-corrected chi connectivity index (χ0v) is 27.5. The highest BCUT2D eigenvalue weighted by molar-refractivity contribution is 5.94. The smallest absolute Gasteiger partial charge is 0.243 e. The van der Waals surface area contributed by atoms with Gasteiger partial charge in [-0.15, -0.1) is 0 Å². The summed E-state index contributed by atoms with van der Waals surface area (Å²) in [6, 6.07) is 8.18. The van der Waals surface area contributed by atoms with Gasteiger partial charge in [-0.1, -0.05) is 30.3 Å². The van der Waals surface area contributed by atoms with Crippen LogP contribution in [0.5, 0.6) is 5.75 Å². The van der Waals surface area contributed by atoms with E-state index in [1.54, 1.807) is 26.0 Å². The molecule has 0 aliphatic heterocycles. The molecule has 2 aromatic rings. The van der Waals surface area contributed by atoms with Crippen LogP contribution < -0.4 is 43.8 Å². The minimum absolute atomic E-state index is 0.0696. The molecule has 14 nitrogen and oxygen atoms in total. The number of primary amides is 1. The number of nitrogens with two attached hydrogens (primary N) is 3. The zero-order valence-electron chi connectivity index (χ0n) is 27.5. The number of phenolic OH excluding ortho intramolecular Hbond substituents is 1. The normalized spacial score (nSPS) is 13.4. The Morgan fingerprint density at radius 1 is 0.787 bits per heavy atom. The second-order valence-electron chi connectivity index (χ2n) is 11.7. The first-order valence-electron chi connectivity index (χ1n) is 15.8. The van der Waals surface area contributed by atoms with Crippen molar-refractivity contribution >= 4 is 29.6 Å². The number of rotatable bonds is 20. The van der Waals surface area contributed by atoms with Crippen molar-refractivity contribution in [3.63, 3.8) is 0 Å². The number of benzene rings is 2. The van der Waals surface area contributed by atoms with Crippen LogP contribution in [0.1, 0.15) is 54.4 Å². The molecule has 0 fully saturated rings. The van der Waals surface area contributed by atoms with E-state index in [9.17, 15) is 24.3 Å². The van der Waals surface area contributed by atoms with Gasteiger partial charge in [-0.25, -0.2) is 0 Å². The van der Waals surface area contributed by atoms with E-state index in [1.165, 1.54) is 0 Å². The fraction of sp³-hybridized carbons (Fsp3) is 0.485. The van der Waals surface area contributed by atoms with Crippen LogP contribution in [-0.4, -0.2) is 79.0 Å². The summed E-state index contributed by atoms with van der Waals surface area (Å²) in [4.78, 5) is 53.0. The number of amides is 4. The van der Waals surface area contributed by atoms with E-state index in [4.69, 9.17) is 22.6 Å². The van der Waals surface area contributed by atoms with Crippen molar-refractivity contribution in [1.29, 1.82) is 5.41 Å². The third-order valence-corrected chi connectivity index (χ3v) is 7.81. The zero-order chi connectivity index (χ0) is 34.9. The molecule has 0 aliphatic rings. The number of hydrogen-bond donors (Lipinski definition) is 10. The predicted molar refractivity (Wildman–Crippen MR) is 181 cm³/mol. The Morgan fingerprint density at radius 3 is 1.98 bits per heavy atom. The highest BCUT2D eigenvalue weighted by Crippen LogP contribution is 2.22. The molecule has 0 saturated carbocycles. The number of guanidine groups is 1. The summed E-state index contributed by atoms with van der Waals surface area (Å²) in [6.07, 6.45) is 2.57. The van der Waals surface area contributed by atoms with Gasteiger partial charge in [0.1, 0.15) is 23.9 Å². The van der Waals surface area contributed by atoms with Crippen molar-refractivity contribution in [1.82, 2.24) is 26.6 Å². The van der Waals surface area contributed by atoms with E-state index in [2.05, 4.69) is 26.6 Å². The second-order valence-corrected chi connectivity index (χ2v) is 11.7. The van der Waals surface area contributed by atoms with E-state index in [0.29, 0.717) is 25.9 Å². The summed E-state index contributed by atoms with van der Waals surface area (Å²) in [6.45, 7) is 4.65. The standard InChI is InChI=1S/C33H51N9O5/c1-20-16-23(43)17-21(2)24(20)19-28(42-30(45)25(34)12-9-15-39-33(36)37)32(47)40-26(13-7-8-14-38-3)31(46)41-27(29(35)44)18-22-10-5-4-6-11-22/h4-6,10-11,16-17,25-28,38,43H,7-9,12-15,18-19,34H2,1-3H3,(H2,35,44)(H,40,47)(H,41,46)(H,42,45)(H4,36,37,39). The minimum Gasteiger partial charge on any atom is -0.508 e. The SMILES string of the molecule is CNCCCCC(NC(=O)C(Cc1c(C)cc(O)cc1C)NC(=O)C(N)CCCNC(=N)N)C(=O)NC(Cc1ccccc1)C(N)=O. The van der Waals surface area contributed by atoms with Crippen LogP contribution in [-0.2, 0) is 32.0 Å². The lowest BCUT2D eigenvalue weighted by Crippen LogP contribution is -2.58. The number of phenols is 1. The lowest BCUT2D eigenvalue weighted by molar-refractivity contribution is -0.133. The highest BCUT2D eigenvalue weighted by atomic mass is 16.3. The first-order chi connectivity index (χ1) is 22.3. The molecule has 0 aliphatic carbocycles. The van der Waals surface area contributed by atoms with Gasteiger partial charge in [-0.2, -0.15) is 0 Å². The molecular formula is C33H51N9O5. The Hall–Kier alpha value is -4.69. The molecular weight excluding hydrogens is 602 g/mol. The largest absolute Gasteiger partial charge is 0.508 e. The fourth-order valence-electron chi connectivity index (χ4n) is 5.20. The van der Waals surface area contributed by atoms with E-state index in [0.717, 1.165) is 28.7 Å². The maximum Gasteiger partial charge on any atom is 0.243 e. The van der Waals surface area contributed by atoms with Crippen molar-refractivity contribution in [3.05, 3.63) is 64.7 Å². The van der Waals surface area contributed by atoms with Gasteiger partial charge in [0.15, 0.2) is 5.96 Å². The minimum atomic E-state index is -1.12. The van der Waals surface area contributed by atoms with Gasteiger partial charge in [-0.3, -0.25) is 24.6 Å². The van der Waals surface area contributed by atoms with Gasteiger partial charge in [0, 0.05) is 19.4 Å². The molecule has 0 aromatic heterocycles. The summed E-state index contributed by atoms with van der Waals surface area (Å²) in [5.41, 5.74) is 20.1. The molecule has 14 heteroatoms. The van der Waals surface area contributed by atoms with Crippen molar-refractivity contribution in [2.75, 3.05) is 20.1 Å². The number of unbranched alkanes of at least 4 members (excludes halogenated alkanes) is 1. The average molecular weight is 654 g/mol. The summed E-state index contributed by atoms with van der Waals surface area (Å²) in [5, 5.41) is 31.3. The Bertz CT molecular complexity index is 1330. The lowest BCUT2D eigenvalue weighted by Gasteiger charge is -2.26. The van der Waals surface area contributed by atoms with Gasteiger partial charge in [0.25, 0.3) is 0 Å². The molecule has 0 bridgehead atoms. The molecule has 0 spiro atoms. The number of aryl methyl sites for hydroxylation is 2. The third-order valence-electron chi connectivity index (χ3n) is 7.81. The molecule has 258 valence electrons. The predicted octanol–water partition coefficient (Wildman–Crippen LogP) is -0.286. The summed E-state index contributed by atoms with van der Waals surface area (Å²) >= 11 is 0. The molecule has 0 saturated heterocycles. The number of hydrogen-bond acceptors (Lipinski definition) is 8. The fourth-order valence-corrected chi connectivity index (χ4v) is 5.20. The maximum atomic E-state index is 13.9. The van der Waals surface area contributed by atoms with Gasteiger partial charge < -0.3 is 48.9 Å². The molecule has 47 heavy (non-hydrogen) atoms. The van der Waals surface area contributed by atoms with E-state index >= 15 is 0 Å². The van der Waals surface area contributed by atoms with Crippen LogP contribution >= 0.6 is 0 Å². The van der Waals surface area contributed by atoms with Gasteiger partial charge in [-0.05, 0) is 93.9 Å². The number of carbonyl (C=O) groups excluding carboxylic acids is 4. The molecule has 13 N–H and O–H groups in total. The van der Waals surface area contributed by atoms with Crippen molar-refractivity contribution in [3.8, 4) is 5.75 Å². The summed E-state index contributed by atoms with van der Waals surface area (Å²) in [7, 11) is 1.82. The summed E-state index contributed by atoms with van der Waals surface area (Å²) < 4.78 is 0. The third kappa shape index (κ3) is 13.7. The first-order valence-corrected chi connectivity index (χ1v) is 15.8. The van der Waals surface area contributed by atoms with E-state index < -0.39 is 47.8 Å². The molecule has 4 atom stereocenters. The molecule has 2 aromatic carbocycles. The topological polar surface area (TPSA) is 251 Å².